The van der Waals surface area contributed by atoms with Crippen LogP contribution in [0.25, 0.3) is 0 Å². The van der Waals surface area contributed by atoms with Gasteiger partial charge in [0, 0.05) is 51.4 Å². The maximum atomic E-state index is 4.28. The van der Waals surface area contributed by atoms with E-state index in [1.165, 1.54) is 32.7 Å². The maximum absolute atomic E-state index is 4.28. The van der Waals surface area contributed by atoms with E-state index in [0.717, 1.165) is 12.5 Å². The van der Waals surface area contributed by atoms with Crippen molar-refractivity contribution in [1.29, 1.82) is 0 Å². The number of piperazine rings is 1. The molecule has 1 fully saturated rings. The zero-order valence-corrected chi connectivity index (χ0v) is 14.2. The van der Waals surface area contributed by atoms with Crippen LogP contribution in [-0.2, 0) is 0 Å². The Kier molecular flexibility index (Phi) is 6.76. The Balaban J connectivity index is 2.34. The molecule has 1 aliphatic rings. The maximum Gasteiger partial charge on any atom is 0.191 e. The minimum absolute atomic E-state index is 0.0395. The molecule has 0 aliphatic carbocycles. The molecule has 1 atom stereocenters. The molecule has 0 radical (unpaired) electrons. The van der Waals surface area contributed by atoms with Gasteiger partial charge >= 0.3 is 0 Å². The van der Waals surface area contributed by atoms with E-state index in [1.54, 1.807) is 0 Å². The van der Waals surface area contributed by atoms with Crippen LogP contribution in [0.3, 0.4) is 0 Å². The van der Waals surface area contributed by atoms with Gasteiger partial charge in [-0.15, -0.1) is 0 Å². The highest BCUT2D eigenvalue weighted by Gasteiger charge is 2.20. The second-order valence-electron chi connectivity index (χ2n) is 6.65. The van der Waals surface area contributed by atoms with Crippen molar-refractivity contribution < 1.29 is 0 Å². The van der Waals surface area contributed by atoms with Gasteiger partial charge in [-0.25, -0.2) is 0 Å². The molecule has 1 aliphatic heterocycles. The summed E-state index contributed by atoms with van der Waals surface area (Å²) in [7, 11) is 1.83. The standard InChI is InChI=1S/C15H33N5/c1-7-19-8-10-20(11-9-19)13(2)12-17-14(16-6)18-15(3,4)5/h13H,7-12H2,1-6H3,(H2,16,17,18). The Hall–Kier alpha value is -0.810. The first kappa shape index (κ1) is 17.2. The van der Waals surface area contributed by atoms with Gasteiger partial charge in [-0.3, -0.25) is 9.89 Å². The van der Waals surface area contributed by atoms with Crippen LogP contribution in [0.4, 0.5) is 0 Å². The summed E-state index contributed by atoms with van der Waals surface area (Å²) >= 11 is 0. The first-order valence-corrected chi connectivity index (χ1v) is 7.81. The quantitative estimate of drug-likeness (QED) is 0.596. The first-order valence-electron chi connectivity index (χ1n) is 7.81. The summed E-state index contributed by atoms with van der Waals surface area (Å²) in [5, 5.41) is 6.82. The Bertz CT molecular complexity index is 300. The molecule has 1 heterocycles. The SMILES string of the molecule is CCN1CCN(C(C)CNC(=NC)NC(C)(C)C)CC1. The second kappa shape index (κ2) is 7.84. The van der Waals surface area contributed by atoms with E-state index in [0.29, 0.717) is 6.04 Å². The summed E-state index contributed by atoms with van der Waals surface area (Å²) in [5.74, 6) is 0.886. The number of hydrogen-bond acceptors (Lipinski definition) is 3. The van der Waals surface area contributed by atoms with Crippen LogP contribution < -0.4 is 10.6 Å². The lowest BCUT2D eigenvalue weighted by Crippen LogP contribution is -2.54. The molecule has 0 spiro atoms. The van der Waals surface area contributed by atoms with Crippen molar-refractivity contribution in [2.45, 2.75) is 46.2 Å². The number of likely N-dealkylation sites (N-methyl/N-ethyl adjacent to an activating group) is 1. The molecular formula is C15H33N5. The van der Waals surface area contributed by atoms with Crippen LogP contribution in [0.15, 0.2) is 4.99 Å². The first-order chi connectivity index (χ1) is 9.35. The van der Waals surface area contributed by atoms with E-state index in [2.05, 4.69) is 60.0 Å². The van der Waals surface area contributed by atoms with Gasteiger partial charge in [-0.2, -0.15) is 0 Å². The van der Waals surface area contributed by atoms with Gasteiger partial charge in [0.2, 0.25) is 0 Å². The number of rotatable bonds is 4. The van der Waals surface area contributed by atoms with E-state index < -0.39 is 0 Å². The van der Waals surface area contributed by atoms with Crippen LogP contribution in [0.1, 0.15) is 34.6 Å². The van der Waals surface area contributed by atoms with Crippen molar-refractivity contribution in [2.24, 2.45) is 4.99 Å². The van der Waals surface area contributed by atoms with Gasteiger partial charge in [0.25, 0.3) is 0 Å². The molecule has 5 nitrogen and oxygen atoms in total. The number of hydrogen-bond donors (Lipinski definition) is 2. The van der Waals surface area contributed by atoms with Crippen molar-refractivity contribution in [3.8, 4) is 0 Å². The number of nitrogens with one attached hydrogen (secondary N) is 2. The lowest BCUT2D eigenvalue weighted by Gasteiger charge is -2.38. The Morgan fingerprint density at radius 1 is 1.20 bits per heavy atom. The second-order valence-corrected chi connectivity index (χ2v) is 6.65. The molecular weight excluding hydrogens is 250 g/mol. The molecule has 118 valence electrons. The van der Waals surface area contributed by atoms with Crippen LogP contribution in [0.5, 0.6) is 0 Å². The molecule has 0 aromatic heterocycles. The number of aliphatic imine (C=N–C) groups is 1. The lowest BCUT2D eigenvalue weighted by molar-refractivity contribution is 0.107. The van der Waals surface area contributed by atoms with Gasteiger partial charge in [0.05, 0.1) is 0 Å². The van der Waals surface area contributed by atoms with Crippen molar-refractivity contribution in [3.05, 3.63) is 0 Å². The van der Waals surface area contributed by atoms with Gasteiger partial charge in [0.15, 0.2) is 5.96 Å². The fourth-order valence-corrected chi connectivity index (χ4v) is 2.43. The number of nitrogens with zero attached hydrogens (tertiary/aromatic N) is 3. The smallest absolute Gasteiger partial charge is 0.191 e. The number of guanidine groups is 1. The molecule has 0 aromatic rings. The van der Waals surface area contributed by atoms with Crippen molar-refractivity contribution in [1.82, 2.24) is 20.4 Å². The van der Waals surface area contributed by atoms with E-state index in [9.17, 15) is 0 Å². The Morgan fingerprint density at radius 3 is 2.25 bits per heavy atom. The van der Waals surface area contributed by atoms with Crippen LogP contribution in [0.2, 0.25) is 0 Å². The van der Waals surface area contributed by atoms with Crippen LogP contribution in [0, 0.1) is 0 Å². The normalized spacial score (nSPS) is 20.8. The fraction of sp³-hybridized carbons (Fsp3) is 0.933. The topological polar surface area (TPSA) is 42.9 Å². The van der Waals surface area contributed by atoms with Crippen LogP contribution >= 0.6 is 0 Å². The molecule has 0 amide bonds. The Labute approximate surface area is 124 Å². The molecule has 20 heavy (non-hydrogen) atoms. The summed E-state index contributed by atoms with van der Waals surface area (Å²) in [6.45, 7) is 17.8. The zero-order valence-electron chi connectivity index (χ0n) is 14.2. The van der Waals surface area contributed by atoms with Gasteiger partial charge in [0.1, 0.15) is 0 Å². The van der Waals surface area contributed by atoms with E-state index >= 15 is 0 Å². The highest BCUT2D eigenvalue weighted by Crippen LogP contribution is 2.05. The largest absolute Gasteiger partial charge is 0.355 e. The average Bonchev–Trinajstić information content (AvgIpc) is 2.42. The molecule has 5 heteroatoms. The molecule has 0 aromatic carbocycles. The summed E-state index contributed by atoms with van der Waals surface area (Å²) < 4.78 is 0. The molecule has 0 bridgehead atoms. The summed E-state index contributed by atoms with van der Waals surface area (Å²) in [5.41, 5.74) is 0.0395. The third-order valence-electron chi connectivity index (χ3n) is 3.76. The third-order valence-corrected chi connectivity index (χ3v) is 3.76. The monoisotopic (exact) mass is 283 g/mol. The summed E-state index contributed by atoms with van der Waals surface area (Å²) in [6, 6.07) is 0.535. The Morgan fingerprint density at radius 2 is 1.80 bits per heavy atom. The van der Waals surface area contributed by atoms with E-state index in [-0.39, 0.29) is 5.54 Å². The summed E-state index contributed by atoms with van der Waals surface area (Å²) in [6.07, 6.45) is 0. The molecule has 1 rings (SSSR count). The van der Waals surface area contributed by atoms with Gasteiger partial charge < -0.3 is 15.5 Å². The molecule has 2 N–H and O–H groups in total. The van der Waals surface area contributed by atoms with Crippen molar-refractivity contribution >= 4 is 5.96 Å². The van der Waals surface area contributed by atoms with E-state index in [1.807, 2.05) is 7.05 Å². The average molecular weight is 283 g/mol. The highest BCUT2D eigenvalue weighted by atomic mass is 15.3. The van der Waals surface area contributed by atoms with Crippen molar-refractivity contribution in [3.63, 3.8) is 0 Å². The molecule has 1 unspecified atom stereocenters. The lowest BCUT2D eigenvalue weighted by atomic mass is 10.1. The molecule has 0 saturated carbocycles. The predicted molar refractivity (Wildman–Crippen MR) is 87.4 cm³/mol. The fourth-order valence-electron chi connectivity index (χ4n) is 2.43. The third kappa shape index (κ3) is 6.09. The van der Waals surface area contributed by atoms with Gasteiger partial charge in [-0.05, 0) is 34.2 Å². The minimum atomic E-state index is 0.0395. The predicted octanol–water partition coefficient (Wildman–Crippen LogP) is 0.976. The summed E-state index contributed by atoms with van der Waals surface area (Å²) in [4.78, 5) is 9.35. The molecule has 1 saturated heterocycles. The highest BCUT2D eigenvalue weighted by molar-refractivity contribution is 5.80. The van der Waals surface area contributed by atoms with Crippen LogP contribution in [-0.4, -0.2) is 73.7 Å². The van der Waals surface area contributed by atoms with Crippen molar-refractivity contribution in [2.75, 3.05) is 46.3 Å². The minimum Gasteiger partial charge on any atom is -0.355 e. The van der Waals surface area contributed by atoms with Gasteiger partial charge in [-0.1, -0.05) is 6.92 Å². The zero-order chi connectivity index (χ0) is 15.2. The van der Waals surface area contributed by atoms with E-state index in [4.69, 9.17) is 0 Å².